The van der Waals surface area contributed by atoms with E-state index in [2.05, 4.69) is 24.1 Å². The lowest BCUT2D eigenvalue weighted by molar-refractivity contribution is 0.192. The van der Waals surface area contributed by atoms with Crippen LogP contribution in [-0.4, -0.2) is 43.4 Å². The number of hydrogen-bond donors (Lipinski definition) is 1. The summed E-state index contributed by atoms with van der Waals surface area (Å²) < 4.78 is 4.98. The maximum absolute atomic E-state index is 5.34. The van der Waals surface area contributed by atoms with E-state index in [1.807, 2.05) is 0 Å². The summed E-state index contributed by atoms with van der Waals surface area (Å²) in [5, 5.41) is 4.10. The highest BCUT2D eigenvalue weighted by atomic mass is 32.1. The maximum atomic E-state index is 5.34. The zero-order valence-corrected chi connectivity index (χ0v) is 10.8. The topological polar surface area (TPSA) is 24.5 Å². The van der Waals surface area contributed by atoms with Crippen LogP contribution >= 0.6 is 12.2 Å². The minimum Gasteiger partial charge on any atom is -0.383 e. The standard InChI is InChI=1S/C11H22N2OS/c1-9-4-6-13(8-10(9)2)11(15)12-5-7-14-3/h9-10H,4-8H2,1-3H3,(H,12,15). The number of rotatable bonds is 3. The highest BCUT2D eigenvalue weighted by molar-refractivity contribution is 7.80. The molecule has 0 spiro atoms. The molecule has 0 aromatic carbocycles. The molecule has 15 heavy (non-hydrogen) atoms. The molecular formula is C11H22N2OS. The third-order valence-electron chi connectivity index (χ3n) is 3.20. The van der Waals surface area contributed by atoms with Crippen molar-refractivity contribution in [3.63, 3.8) is 0 Å². The Morgan fingerprint density at radius 2 is 2.20 bits per heavy atom. The summed E-state index contributed by atoms with van der Waals surface area (Å²) in [6.07, 6.45) is 1.24. The molecule has 0 aliphatic carbocycles. The minimum atomic E-state index is 0.708. The summed E-state index contributed by atoms with van der Waals surface area (Å²) in [7, 11) is 1.70. The van der Waals surface area contributed by atoms with Crippen molar-refractivity contribution in [2.24, 2.45) is 11.8 Å². The normalized spacial score (nSPS) is 26.5. The third-order valence-corrected chi connectivity index (χ3v) is 3.61. The second-order valence-corrected chi connectivity index (χ2v) is 4.80. The summed E-state index contributed by atoms with van der Waals surface area (Å²) in [6, 6.07) is 0. The first-order chi connectivity index (χ1) is 7.15. The van der Waals surface area contributed by atoms with Crippen molar-refractivity contribution >= 4 is 17.3 Å². The Bertz CT molecular complexity index is 211. The highest BCUT2D eigenvalue weighted by Gasteiger charge is 2.23. The fourth-order valence-corrected chi connectivity index (χ4v) is 2.09. The van der Waals surface area contributed by atoms with Gasteiger partial charge in [0.15, 0.2) is 5.11 Å². The Hall–Kier alpha value is -0.350. The van der Waals surface area contributed by atoms with Crippen LogP contribution in [0.25, 0.3) is 0 Å². The van der Waals surface area contributed by atoms with Crippen LogP contribution in [-0.2, 0) is 4.74 Å². The number of hydrogen-bond acceptors (Lipinski definition) is 2. The Morgan fingerprint density at radius 3 is 2.80 bits per heavy atom. The van der Waals surface area contributed by atoms with Crippen LogP contribution in [0.5, 0.6) is 0 Å². The molecule has 1 rings (SSSR count). The highest BCUT2D eigenvalue weighted by Crippen LogP contribution is 2.22. The molecule has 3 nitrogen and oxygen atoms in total. The SMILES string of the molecule is COCCNC(=S)N1CCC(C)C(C)C1. The molecule has 0 aromatic rings. The smallest absolute Gasteiger partial charge is 0.169 e. The van der Waals surface area contributed by atoms with Crippen molar-refractivity contribution in [2.75, 3.05) is 33.4 Å². The van der Waals surface area contributed by atoms with Gasteiger partial charge in [0.1, 0.15) is 0 Å². The molecule has 1 fully saturated rings. The molecule has 88 valence electrons. The zero-order valence-electron chi connectivity index (χ0n) is 9.95. The molecule has 1 aliphatic heterocycles. The number of ether oxygens (including phenoxy) is 1. The molecule has 0 amide bonds. The van der Waals surface area contributed by atoms with E-state index in [1.165, 1.54) is 6.42 Å². The van der Waals surface area contributed by atoms with Gasteiger partial charge < -0.3 is 15.0 Å². The predicted molar refractivity (Wildman–Crippen MR) is 67.0 cm³/mol. The van der Waals surface area contributed by atoms with Gasteiger partial charge >= 0.3 is 0 Å². The number of methoxy groups -OCH3 is 1. The Balaban J connectivity index is 2.28. The number of piperidine rings is 1. The first kappa shape index (κ1) is 12.7. The van der Waals surface area contributed by atoms with Gasteiger partial charge in [-0.05, 0) is 30.5 Å². The van der Waals surface area contributed by atoms with Gasteiger partial charge in [-0.15, -0.1) is 0 Å². The van der Waals surface area contributed by atoms with Crippen LogP contribution in [0.1, 0.15) is 20.3 Å². The van der Waals surface area contributed by atoms with Gasteiger partial charge in [0, 0.05) is 26.7 Å². The average Bonchev–Trinajstić information content (AvgIpc) is 2.22. The summed E-state index contributed by atoms with van der Waals surface area (Å²) in [5.41, 5.74) is 0. The van der Waals surface area contributed by atoms with Gasteiger partial charge in [0.2, 0.25) is 0 Å². The van der Waals surface area contributed by atoms with Crippen molar-refractivity contribution < 1.29 is 4.74 Å². The lowest BCUT2D eigenvalue weighted by Crippen LogP contribution is -2.47. The molecule has 1 aliphatic rings. The van der Waals surface area contributed by atoms with Crippen molar-refractivity contribution in [1.29, 1.82) is 0 Å². The van der Waals surface area contributed by atoms with Crippen molar-refractivity contribution in [3.05, 3.63) is 0 Å². The third kappa shape index (κ3) is 3.95. The van der Waals surface area contributed by atoms with Crippen LogP contribution in [0.2, 0.25) is 0 Å². The first-order valence-corrected chi connectivity index (χ1v) is 6.07. The summed E-state index contributed by atoms with van der Waals surface area (Å²) in [4.78, 5) is 2.27. The molecule has 0 bridgehead atoms. The largest absolute Gasteiger partial charge is 0.383 e. The fourth-order valence-electron chi connectivity index (χ4n) is 1.82. The van der Waals surface area contributed by atoms with E-state index in [0.29, 0.717) is 6.61 Å². The monoisotopic (exact) mass is 230 g/mol. The van der Waals surface area contributed by atoms with Gasteiger partial charge in [-0.2, -0.15) is 0 Å². The van der Waals surface area contributed by atoms with E-state index >= 15 is 0 Å². The van der Waals surface area contributed by atoms with E-state index in [0.717, 1.165) is 36.6 Å². The van der Waals surface area contributed by atoms with Crippen LogP contribution < -0.4 is 5.32 Å². The fraction of sp³-hybridized carbons (Fsp3) is 0.909. The molecule has 0 radical (unpaired) electrons. The summed E-state index contributed by atoms with van der Waals surface area (Å²) >= 11 is 5.34. The molecule has 1 saturated heterocycles. The van der Waals surface area contributed by atoms with Crippen LogP contribution in [0.4, 0.5) is 0 Å². The number of thiocarbonyl (C=S) groups is 1. The Kier molecular flexibility index (Phi) is 5.32. The van der Waals surface area contributed by atoms with E-state index in [4.69, 9.17) is 17.0 Å². The van der Waals surface area contributed by atoms with Gasteiger partial charge in [-0.25, -0.2) is 0 Å². The van der Waals surface area contributed by atoms with Gasteiger partial charge in [0.05, 0.1) is 6.61 Å². The van der Waals surface area contributed by atoms with E-state index in [1.54, 1.807) is 7.11 Å². The Morgan fingerprint density at radius 1 is 1.47 bits per heavy atom. The van der Waals surface area contributed by atoms with Gasteiger partial charge in [-0.3, -0.25) is 0 Å². The van der Waals surface area contributed by atoms with E-state index < -0.39 is 0 Å². The van der Waals surface area contributed by atoms with Crippen LogP contribution in [0.3, 0.4) is 0 Å². The number of nitrogens with one attached hydrogen (secondary N) is 1. The van der Waals surface area contributed by atoms with E-state index in [9.17, 15) is 0 Å². The molecule has 4 heteroatoms. The molecule has 1 N–H and O–H groups in total. The van der Waals surface area contributed by atoms with Crippen molar-refractivity contribution in [3.8, 4) is 0 Å². The second kappa shape index (κ2) is 6.28. The van der Waals surface area contributed by atoms with E-state index in [-0.39, 0.29) is 0 Å². The number of nitrogens with zero attached hydrogens (tertiary/aromatic N) is 1. The summed E-state index contributed by atoms with van der Waals surface area (Å²) in [6.45, 7) is 8.30. The van der Waals surface area contributed by atoms with Crippen molar-refractivity contribution in [2.45, 2.75) is 20.3 Å². The predicted octanol–water partition coefficient (Wildman–Crippen LogP) is 1.49. The second-order valence-electron chi connectivity index (χ2n) is 4.41. The Labute approximate surface area is 98.2 Å². The lowest BCUT2D eigenvalue weighted by atomic mass is 9.89. The van der Waals surface area contributed by atoms with Crippen molar-refractivity contribution in [1.82, 2.24) is 10.2 Å². The molecule has 1 heterocycles. The maximum Gasteiger partial charge on any atom is 0.169 e. The quantitative estimate of drug-likeness (QED) is 0.586. The number of likely N-dealkylation sites (tertiary alicyclic amines) is 1. The zero-order chi connectivity index (χ0) is 11.3. The van der Waals surface area contributed by atoms with Crippen LogP contribution in [0, 0.1) is 11.8 Å². The average molecular weight is 230 g/mol. The lowest BCUT2D eigenvalue weighted by Gasteiger charge is -2.36. The molecule has 2 atom stereocenters. The minimum absolute atomic E-state index is 0.708. The molecule has 0 saturated carbocycles. The summed E-state index contributed by atoms with van der Waals surface area (Å²) in [5.74, 6) is 1.56. The molecular weight excluding hydrogens is 208 g/mol. The molecule has 2 unspecified atom stereocenters. The van der Waals surface area contributed by atoms with Gasteiger partial charge in [0.25, 0.3) is 0 Å². The van der Waals surface area contributed by atoms with Crippen LogP contribution in [0.15, 0.2) is 0 Å². The van der Waals surface area contributed by atoms with Gasteiger partial charge in [-0.1, -0.05) is 13.8 Å². The first-order valence-electron chi connectivity index (χ1n) is 5.67. The molecule has 0 aromatic heterocycles.